The number of hydrogen-bond acceptors (Lipinski definition) is 1. The molecule has 0 bridgehead atoms. The molecule has 1 rings (SSSR count). The van der Waals surface area contributed by atoms with Gasteiger partial charge in [0.15, 0.2) is 0 Å². The molecule has 0 aromatic heterocycles. The number of nitrogens with two attached hydrogens (primary N) is 1. The third-order valence-corrected chi connectivity index (χ3v) is 2.36. The summed E-state index contributed by atoms with van der Waals surface area (Å²) in [5.41, 5.74) is 9.30. The van der Waals surface area contributed by atoms with Crippen molar-refractivity contribution in [1.82, 2.24) is 0 Å². The van der Waals surface area contributed by atoms with E-state index in [9.17, 15) is 0 Å². The lowest BCUT2D eigenvalue weighted by molar-refractivity contribution is 0.586. The molecule has 0 saturated heterocycles. The van der Waals surface area contributed by atoms with Gasteiger partial charge in [-0.05, 0) is 48.9 Å². The highest BCUT2D eigenvalue weighted by atomic mass is 14.5. The number of nitrogen functional groups attached to an aromatic ring is 1. The molecule has 0 amide bonds. The van der Waals surface area contributed by atoms with Gasteiger partial charge in [0.2, 0.25) is 0 Å². The Balaban J connectivity index is 2.67. The van der Waals surface area contributed by atoms with E-state index in [1.807, 2.05) is 6.07 Å². The van der Waals surface area contributed by atoms with Crippen molar-refractivity contribution < 1.29 is 0 Å². The van der Waals surface area contributed by atoms with Crippen LogP contribution in [0.15, 0.2) is 18.2 Å². The van der Waals surface area contributed by atoms with Crippen molar-refractivity contribution in [3.63, 3.8) is 0 Å². The molecule has 2 N–H and O–H groups in total. The third kappa shape index (κ3) is 3.10. The van der Waals surface area contributed by atoms with E-state index >= 15 is 0 Å². The summed E-state index contributed by atoms with van der Waals surface area (Å²) in [6.07, 6.45) is 2.43. The van der Waals surface area contributed by atoms with Crippen LogP contribution in [0.1, 0.15) is 31.4 Å². The maximum absolute atomic E-state index is 5.68. The monoisotopic (exact) mass is 177 g/mol. The molecular formula is C12H19N. The summed E-state index contributed by atoms with van der Waals surface area (Å²) in [4.78, 5) is 0. The molecule has 0 aliphatic carbocycles. The Kier molecular flexibility index (Phi) is 3.35. The van der Waals surface area contributed by atoms with Gasteiger partial charge in [-0.15, -0.1) is 0 Å². The van der Waals surface area contributed by atoms with E-state index in [0.717, 1.165) is 11.6 Å². The zero-order valence-electron chi connectivity index (χ0n) is 8.80. The van der Waals surface area contributed by atoms with Crippen LogP contribution in [0.3, 0.4) is 0 Å². The van der Waals surface area contributed by atoms with Crippen LogP contribution in [0.2, 0.25) is 0 Å². The highest BCUT2D eigenvalue weighted by Crippen LogP contribution is 2.16. The molecule has 0 saturated carbocycles. The van der Waals surface area contributed by atoms with E-state index in [1.54, 1.807) is 0 Å². The van der Waals surface area contributed by atoms with Gasteiger partial charge in [-0.3, -0.25) is 0 Å². The van der Waals surface area contributed by atoms with Gasteiger partial charge in [-0.25, -0.2) is 0 Å². The van der Waals surface area contributed by atoms with Crippen molar-refractivity contribution in [1.29, 1.82) is 0 Å². The Labute approximate surface area is 81.0 Å². The SMILES string of the molecule is Cc1cc(N)ccc1CCC(C)C. The second-order valence-electron chi connectivity index (χ2n) is 4.12. The molecule has 0 unspecified atom stereocenters. The van der Waals surface area contributed by atoms with E-state index in [4.69, 9.17) is 5.73 Å². The van der Waals surface area contributed by atoms with Gasteiger partial charge in [0.25, 0.3) is 0 Å². The zero-order valence-corrected chi connectivity index (χ0v) is 8.80. The first-order chi connectivity index (χ1) is 6.09. The average Bonchev–Trinajstić information content (AvgIpc) is 2.02. The van der Waals surface area contributed by atoms with Crippen LogP contribution >= 0.6 is 0 Å². The van der Waals surface area contributed by atoms with Crippen molar-refractivity contribution in [3.8, 4) is 0 Å². The van der Waals surface area contributed by atoms with Crippen LogP contribution in [-0.2, 0) is 6.42 Å². The van der Waals surface area contributed by atoms with Crippen LogP contribution in [0, 0.1) is 12.8 Å². The van der Waals surface area contributed by atoms with Crippen LogP contribution in [0.5, 0.6) is 0 Å². The molecule has 13 heavy (non-hydrogen) atoms. The first-order valence-electron chi connectivity index (χ1n) is 4.94. The Bertz CT molecular complexity index is 276. The Hall–Kier alpha value is -0.980. The summed E-state index contributed by atoms with van der Waals surface area (Å²) in [6.45, 7) is 6.64. The lowest BCUT2D eigenvalue weighted by Gasteiger charge is -2.08. The quantitative estimate of drug-likeness (QED) is 0.705. The van der Waals surface area contributed by atoms with Crippen LogP contribution in [0.25, 0.3) is 0 Å². The molecule has 1 aromatic carbocycles. The minimum absolute atomic E-state index is 0.775. The van der Waals surface area contributed by atoms with Gasteiger partial charge in [0.1, 0.15) is 0 Å². The number of hydrogen-bond donors (Lipinski definition) is 1. The highest BCUT2D eigenvalue weighted by Gasteiger charge is 2.00. The van der Waals surface area contributed by atoms with Crippen LogP contribution in [-0.4, -0.2) is 0 Å². The van der Waals surface area contributed by atoms with Crippen LogP contribution < -0.4 is 5.73 Å². The minimum Gasteiger partial charge on any atom is -0.399 e. The van der Waals surface area contributed by atoms with Gasteiger partial charge in [0, 0.05) is 5.69 Å². The fraction of sp³-hybridized carbons (Fsp3) is 0.500. The molecule has 0 aliphatic heterocycles. The van der Waals surface area contributed by atoms with Crippen molar-refractivity contribution in [3.05, 3.63) is 29.3 Å². The summed E-state index contributed by atoms with van der Waals surface area (Å²) in [5, 5.41) is 0. The molecule has 0 atom stereocenters. The standard InChI is InChI=1S/C12H19N/c1-9(2)4-5-11-6-7-12(13)8-10(11)3/h6-9H,4-5,13H2,1-3H3. The van der Waals surface area contributed by atoms with Gasteiger partial charge in [0.05, 0.1) is 0 Å². The average molecular weight is 177 g/mol. The third-order valence-electron chi connectivity index (χ3n) is 2.36. The molecule has 0 heterocycles. The molecule has 0 spiro atoms. The summed E-state index contributed by atoms with van der Waals surface area (Å²) in [5.74, 6) is 0.775. The molecule has 72 valence electrons. The predicted molar refractivity (Wildman–Crippen MR) is 58.8 cm³/mol. The van der Waals surface area contributed by atoms with Gasteiger partial charge in [-0.2, -0.15) is 0 Å². The maximum Gasteiger partial charge on any atom is 0.0316 e. The summed E-state index contributed by atoms with van der Waals surface area (Å²) < 4.78 is 0. The first kappa shape index (κ1) is 10.1. The van der Waals surface area contributed by atoms with Crippen molar-refractivity contribution in [2.45, 2.75) is 33.6 Å². The van der Waals surface area contributed by atoms with Gasteiger partial charge < -0.3 is 5.73 Å². The lowest BCUT2D eigenvalue weighted by atomic mass is 9.99. The Morgan fingerprint density at radius 2 is 2.00 bits per heavy atom. The van der Waals surface area contributed by atoms with Gasteiger partial charge in [-0.1, -0.05) is 19.9 Å². The Morgan fingerprint density at radius 1 is 1.31 bits per heavy atom. The largest absolute Gasteiger partial charge is 0.399 e. The molecule has 0 radical (unpaired) electrons. The number of rotatable bonds is 3. The highest BCUT2D eigenvalue weighted by molar-refractivity contribution is 5.44. The molecule has 1 heteroatoms. The molecule has 1 nitrogen and oxygen atoms in total. The maximum atomic E-state index is 5.68. The minimum atomic E-state index is 0.775. The first-order valence-corrected chi connectivity index (χ1v) is 4.94. The van der Waals surface area contributed by atoms with E-state index in [1.165, 1.54) is 24.0 Å². The summed E-state index contributed by atoms with van der Waals surface area (Å²) in [7, 11) is 0. The lowest BCUT2D eigenvalue weighted by Crippen LogP contribution is -1.96. The fourth-order valence-electron chi connectivity index (χ4n) is 1.44. The van der Waals surface area contributed by atoms with Crippen LogP contribution in [0.4, 0.5) is 5.69 Å². The second-order valence-corrected chi connectivity index (χ2v) is 4.12. The van der Waals surface area contributed by atoms with Gasteiger partial charge >= 0.3 is 0 Å². The molecule has 0 aliphatic rings. The topological polar surface area (TPSA) is 26.0 Å². The Morgan fingerprint density at radius 3 is 2.54 bits per heavy atom. The second kappa shape index (κ2) is 4.31. The summed E-state index contributed by atoms with van der Waals surface area (Å²) >= 11 is 0. The summed E-state index contributed by atoms with van der Waals surface area (Å²) in [6, 6.07) is 6.19. The molecule has 0 fully saturated rings. The van der Waals surface area contributed by atoms with Crippen molar-refractivity contribution in [2.24, 2.45) is 5.92 Å². The number of benzene rings is 1. The van der Waals surface area contributed by atoms with E-state index < -0.39 is 0 Å². The van der Waals surface area contributed by atoms with E-state index in [0.29, 0.717) is 0 Å². The smallest absolute Gasteiger partial charge is 0.0316 e. The van der Waals surface area contributed by atoms with Crippen molar-refractivity contribution in [2.75, 3.05) is 5.73 Å². The molecular weight excluding hydrogens is 158 g/mol. The predicted octanol–water partition coefficient (Wildman–Crippen LogP) is 3.17. The fourth-order valence-corrected chi connectivity index (χ4v) is 1.44. The number of anilines is 1. The van der Waals surface area contributed by atoms with E-state index in [2.05, 4.69) is 32.9 Å². The van der Waals surface area contributed by atoms with Crippen molar-refractivity contribution >= 4 is 5.69 Å². The normalized spacial score (nSPS) is 10.8. The van der Waals surface area contributed by atoms with E-state index in [-0.39, 0.29) is 0 Å². The number of aryl methyl sites for hydroxylation is 2. The zero-order chi connectivity index (χ0) is 9.84. The molecule has 1 aromatic rings.